The predicted molar refractivity (Wildman–Crippen MR) is 76.6 cm³/mol. The Morgan fingerprint density at radius 1 is 1.29 bits per heavy atom. The van der Waals surface area contributed by atoms with Crippen LogP contribution in [-0.2, 0) is 13.5 Å². The van der Waals surface area contributed by atoms with Crippen molar-refractivity contribution >= 4 is 17.6 Å². The van der Waals surface area contributed by atoms with Gasteiger partial charge in [-0.3, -0.25) is 9.48 Å². The number of carbonyl (C=O) groups excluding carboxylic acids is 1. The van der Waals surface area contributed by atoms with Crippen molar-refractivity contribution in [1.29, 1.82) is 0 Å². The normalized spacial score (nSPS) is 13.9. The second kappa shape index (κ2) is 5.05. The minimum Gasteiger partial charge on any atom is -0.478 e. The quantitative estimate of drug-likeness (QED) is 0.911. The van der Waals surface area contributed by atoms with Gasteiger partial charge in [-0.15, -0.1) is 0 Å². The fourth-order valence-electron chi connectivity index (χ4n) is 2.76. The lowest BCUT2D eigenvalue weighted by atomic mass is 9.96. The molecule has 0 saturated heterocycles. The SMILES string of the molecule is Cn1nccc1C(=O)N1CCCc2c(C(=O)O)cccc21. The predicted octanol–water partition coefficient (Wildman–Crippen LogP) is 1.71. The molecule has 21 heavy (non-hydrogen) atoms. The van der Waals surface area contributed by atoms with Gasteiger partial charge >= 0.3 is 5.97 Å². The molecule has 108 valence electrons. The number of aromatic carboxylic acids is 1. The molecule has 0 spiro atoms. The summed E-state index contributed by atoms with van der Waals surface area (Å²) in [4.78, 5) is 25.6. The van der Waals surface area contributed by atoms with E-state index in [-0.39, 0.29) is 11.5 Å². The number of carboxylic acids is 1. The van der Waals surface area contributed by atoms with E-state index < -0.39 is 5.97 Å². The van der Waals surface area contributed by atoms with E-state index in [1.807, 2.05) is 0 Å². The fourth-order valence-corrected chi connectivity index (χ4v) is 2.76. The second-order valence-electron chi connectivity index (χ2n) is 5.01. The van der Waals surface area contributed by atoms with Crippen LogP contribution < -0.4 is 4.90 Å². The van der Waals surface area contributed by atoms with Crippen LogP contribution in [-0.4, -0.2) is 33.3 Å². The van der Waals surface area contributed by atoms with Crippen molar-refractivity contribution in [3.63, 3.8) is 0 Å². The minimum atomic E-state index is -0.957. The second-order valence-corrected chi connectivity index (χ2v) is 5.01. The first-order valence-corrected chi connectivity index (χ1v) is 6.74. The molecular weight excluding hydrogens is 270 g/mol. The summed E-state index contributed by atoms with van der Waals surface area (Å²) in [5.74, 6) is -1.11. The van der Waals surface area contributed by atoms with Crippen molar-refractivity contribution in [1.82, 2.24) is 9.78 Å². The number of benzene rings is 1. The van der Waals surface area contributed by atoms with E-state index in [1.54, 1.807) is 42.4 Å². The molecule has 2 heterocycles. The monoisotopic (exact) mass is 285 g/mol. The zero-order valence-corrected chi connectivity index (χ0v) is 11.6. The van der Waals surface area contributed by atoms with Crippen molar-refractivity contribution in [2.75, 3.05) is 11.4 Å². The van der Waals surface area contributed by atoms with Crippen LogP contribution in [0.1, 0.15) is 32.8 Å². The van der Waals surface area contributed by atoms with Crippen LogP contribution >= 0.6 is 0 Å². The summed E-state index contributed by atoms with van der Waals surface area (Å²) in [5.41, 5.74) is 2.18. The third kappa shape index (κ3) is 2.18. The number of anilines is 1. The third-order valence-corrected chi connectivity index (χ3v) is 3.77. The van der Waals surface area contributed by atoms with E-state index in [9.17, 15) is 14.7 Å². The van der Waals surface area contributed by atoms with Crippen LogP contribution in [0, 0.1) is 0 Å². The molecule has 6 heteroatoms. The van der Waals surface area contributed by atoms with Crippen LogP contribution in [0.3, 0.4) is 0 Å². The van der Waals surface area contributed by atoms with Crippen molar-refractivity contribution in [3.8, 4) is 0 Å². The maximum Gasteiger partial charge on any atom is 0.336 e. The Bertz CT molecular complexity index is 721. The highest BCUT2D eigenvalue weighted by Gasteiger charge is 2.27. The fraction of sp³-hybridized carbons (Fsp3) is 0.267. The van der Waals surface area contributed by atoms with Gasteiger partial charge in [-0.25, -0.2) is 4.79 Å². The van der Waals surface area contributed by atoms with Crippen LogP contribution in [0.15, 0.2) is 30.5 Å². The molecule has 1 aliphatic rings. The number of carboxylic acid groups (broad SMARTS) is 1. The van der Waals surface area contributed by atoms with Gasteiger partial charge in [0, 0.05) is 25.5 Å². The molecular formula is C15H15N3O3. The first-order valence-electron chi connectivity index (χ1n) is 6.74. The van der Waals surface area contributed by atoms with Gasteiger partial charge in [0.25, 0.3) is 5.91 Å². The molecule has 1 aromatic heterocycles. The molecule has 0 saturated carbocycles. The van der Waals surface area contributed by atoms with E-state index >= 15 is 0 Å². The first kappa shape index (κ1) is 13.4. The Balaban J connectivity index is 2.05. The van der Waals surface area contributed by atoms with Gasteiger partial charge in [0.1, 0.15) is 5.69 Å². The summed E-state index contributed by atoms with van der Waals surface area (Å²) >= 11 is 0. The number of hydrogen-bond donors (Lipinski definition) is 1. The van der Waals surface area contributed by atoms with Crippen LogP contribution in [0.4, 0.5) is 5.69 Å². The molecule has 1 amide bonds. The zero-order valence-electron chi connectivity index (χ0n) is 11.6. The highest BCUT2D eigenvalue weighted by atomic mass is 16.4. The van der Waals surface area contributed by atoms with Crippen molar-refractivity contribution in [2.45, 2.75) is 12.8 Å². The number of nitrogens with zero attached hydrogens (tertiary/aromatic N) is 3. The molecule has 0 atom stereocenters. The van der Waals surface area contributed by atoms with Gasteiger partial charge in [-0.2, -0.15) is 5.10 Å². The average molecular weight is 285 g/mol. The van der Waals surface area contributed by atoms with Crippen molar-refractivity contribution < 1.29 is 14.7 Å². The van der Waals surface area contributed by atoms with Gasteiger partial charge < -0.3 is 10.0 Å². The average Bonchev–Trinajstić information content (AvgIpc) is 2.91. The van der Waals surface area contributed by atoms with E-state index in [0.29, 0.717) is 24.3 Å². The summed E-state index contributed by atoms with van der Waals surface area (Å²) in [6.07, 6.45) is 3.00. The Morgan fingerprint density at radius 2 is 2.10 bits per heavy atom. The minimum absolute atomic E-state index is 0.154. The summed E-state index contributed by atoms with van der Waals surface area (Å²) in [6.45, 7) is 0.583. The first-order chi connectivity index (χ1) is 10.1. The van der Waals surface area contributed by atoms with E-state index in [0.717, 1.165) is 12.0 Å². The lowest BCUT2D eigenvalue weighted by molar-refractivity contribution is 0.0695. The molecule has 0 fully saturated rings. The highest BCUT2D eigenvalue weighted by Crippen LogP contribution is 2.31. The molecule has 3 rings (SSSR count). The summed E-state index contributed by atoms with van der Waals surface area (Å²) in [7, 11) is 1.71. The lowest BCUT2D eigenvalue weighted by Crippen LogP contribution is -2.37. The van der Waals surface area contributed by atoms with Crippen LogP contribution in [0.2, 0.25) is 0 Å². The number of hydrogen-bond acceptors (Lipinski definition) is 3. The van der Waals surface area contributed by atoms with Crippen molar-refractivity contribution in [3.05, 3.63) is 47.3 Å². The van der Waals surface area contributed by atoms with Gasteiger partial charge in [-0.1, -0.05) is 6.07 Å². The third-order valence-electron chi connectivity index (χ3n) is 3.77. The molecule has 2 aromatic rings. The summed E-state index contributed by atoms with van der Waals surface area (Å²) in [5, 5.41) is 13.3. The molecule has 0 aliphatic carbocycles. The maximum absolute atomic E-state index is 12.6. The molecule has 0 bridgehead atoms. The molecule has 6 nitrogen and oxygen atoms in total. The largest absolute Gasteiger partial charge is 0.478 e. The standard InChI is InChI=1S/C15H15N3O3/c1-17-13(7-8-16-17)14(19)18-9-3-5-10-11(15(20)21)4-2-6-12(10)18/h2,4,6-8H,3,5,9H2,1H3,(H,20,21). The van der Waals surface area contributed by atoms with Gasteiger partial charge in [0.15, 0.2) is 0 Å². The maximum atomic E-state index is 12.6. The lowest BCUT2D eigenvalue weighted by Gasteiger charge is -2.30. The van der Waals surface area contributed by atoms with E-state index in [2.05, 4.69) is 5.10 Å². The Kier molecular flexibility index (Phi) is 3.21. The van der Waals surface area contributed by atoms with Gasteiger partial charge in [-0.05, 0) is 36.6 Å². The summed E-state index contributed by atoms with van der Waals surface area (Å²) < 4.78 is 1.53. The Hall–Kier alpha value is -2.63. The summed E-state index contributed by atoms with van der Waals surface area (Å²) in [6, 6.07) is 6.73. The van der Waals surface area contributed by atoms with E-state index in [1.165, 1.54) is 4.68 Å². The molecule has 0 unspecified atom stereocenters. The molecule has 0 radical (unpaired) electrons. The zero-order chi connectivity index (χ0) is 15.0. The van der Waals surface area contributed by atoms with E-state index in [4.69, 9.17) is 0 Å². The topological polar surface area (TPSA) is 75.4 Å². The van der Waals surface area contributed by atoms with Gasteiger partial charge in [0.05, 0.1) is 5.56 Å². The Labute approximate surface area is 121 Å². The number of aryl methyl sites for hydroxylation is 1. The van der Waals surface area contributed by atoms with Crippen LogP contribution in [0.25, 0.3) is 0 Å². The number of rotatable bonds is 2. The number of amides is 1. The number of aromatic nitrogens is 2. The molecule has 1 aromatic carbocycles. The smallest absolute Gasteiger partial charge is 0.336 e. The number of carbonyl (C=O) groups is 2. The molecule has 1 N–H and O–H groups in total. The molecule has 1 aliphatic heterocycles. The van der Waals surface area contributed by atoms with Crippen molar-refractivity contribution in [2.24, 2.45) is 7.05 Å². The number of fused-ring (bicyclic) bond motifs is 1. The van der Waals surface area contributed by atoms with Crippen LogP contribution in [0.5, 0.6) is 0 Å². The van der Waals surface area contributed by atoms with Gasteiger partial charge in [0.2, 0.25) is 0 Å². The highest BCUT2D eigenvalue weighted by molar-refractivity contribution is 6.06. The Morgan fingerprint density at radius 3 is 2.76 bits per heavy atom.